The zero-order valence-electron chi connectivity index (χ0n) is 11.0. The van der Waals surface area contributed by atoms with E-state index in [0.717, 1.165) is 40.9 Å². The summed E-state index contributed by atoms with van der Waals surface area (Å²) in [4.78, 5) is 4.43. The highest BCUT2D eigenvalue weighted by Crippen LogP contribution is 2.24. The van der Waals surface area contributed by atoms with Gasteiger partial charge in [-0.1, -0.05) is 24.6 Å². The molecule has 0 saturated heterocycles. The van der Waals surface area contributed by atoms with Crippen LogP contribution in [0.2, 0.25) is 5.02 Å². The molecule has 0 radical (unpaired) electrons. The van der Waals surface area contributed by atoms with Crippen molar-refractivity contribution in [1.29, 1.82) is 0 Å². The van der Waals surface area contributed by atoms with Crippen LogP contribution in [-0.2, 0) is 6.54 Å². The van der Waals surface area contributed by atoms with Gasteiger partial charge in [0.25, 0.3) is 0 Å². The van der Waals surface area contributed by atoms with E-state index in [0.29, 0.717) is 6.04 Å². The monoisotopic (exact) mass is 272 g/mol. The maximum atomic E-state index is 6.18. The van der Waals surface area contributed by atoms with Crippen molar-refractivity contribution in [2.45, 2.75) is 32.4 Å². The van der Waals surface area contributed by atoms with Crippen molar-refractivity contribution in [2.75, 3.05) is 0 Å². The summed E-state index contributed by atoms with van der Waals surface area (Å²) in [5.41, 5.74) is 2.11. The molecule has 1 atom stereocenters. The lowest BCUT2D eigenvalue weighted by atomic mass is 10.1. The van der Waals surface area contributed by atoms with Crippen molar-refractivity contribution in [2.24, 2.45) is 0 Å². The van der Waals surface area contributed by atoms with Crippen LogP contribution in [0.1, 0.15) is 25.3 Å². The van der Waals surface area contributed by atoms with Crippen LogP contribution >= 0.6 is 11.6 Å². The summed E-state index contributed by atoms with van der Waals surface area (Å²) in [6.07, 6.45) is 8.92. The van der Waals surface area contributed by atoms with Gasteiger partial charge >= 0.3 is 0 Å². The highest BCUT2D eigenvalue weighted by Gasteiger charge is 2.08. The van der Waals surface area contributed by atoms with Gasteiger partial charge < -0.3 is 5.32 Å². The number of nitrogens with zero attached hydrogens (tertiary/aromatic N) is 1. The van der Waals surface area contributed by atoms with Crippen molar-refractivity contribution in [3.63, 3.8) is 0 Å². The van der Waals surface area contributed by atoms with Gasteiger partial charge in [0.1, 0.15) is 0 Å². The van der Waals surface area contributed by atoms with E-state index in [-0.39, 0.29) is 0 Å². The zero-order chi connectivity index (χ0) is 13.7. The van der Waals surface area contributed by atoms with Crippen molar-refractivity contribution in [1.82, 2.24) is 10.3 Å². The average molecular weight is 273 g/mol. The van der Waals surface area contributed by atoms with Crippen LogP contribution in [0.25, 0.3) is 10.9 Å². The molecule has 0 amide bonds. The minimum atomic E-state index is 0.347. The highest BCUT2D eigenvalue weighted by molar-refractivity contribution is 6.35. The van der Waals surface area contributed by atoms with E-state index >= 15 is 0 Å². The summed E-state index contributed by atoms with van der Waals surface area (Å²) in [5.74, 6) is 2.70. The van der Waals surface area contributed by atoms with E-state index in [1.54, 1.807) is 6.20 Å². The fourth-order valence-electron chi connectivity index (χ4n) is 2.10. The van der Waals surface area contributed by atoms with Crippen molar-refractivity contribution in [3.8, 4) is 12.3 Å². The minimum Gasteiger partial charge on any atom is -0.309 e. The molecule has 0 saturated carbocycles. The number of terminal acetylenes is 1. The third-order valence-electron chi connectivity index (χ3n) is 3.24. The largest absolute Gasteiger partial charge is 0.309 e. The Morgan fingerprint density at radius 3 is 3.00 bits per heavy atom. The fourth-order valence-corrected chi connectivity index (χ4v) is 2.31. The zero-order valence-corrected chi connectivity index (χ0v) is 11.7. The van der Waals surface area contributed by atoms with Crippen molar-refractivity contribution in [3.05, 3.63) is 41.0 Å². The van der Waals surface area contributed by atoms with Crippen molar-refractivity contribution >= 4 is 22.5 Å². The van der Waals surface area contributed by atoms with Crippen molar-refractivity contribution < 1.29 is 0 Å². The third-order valence-corrected chi connectivity index (χ3v) is 3.57. The lowest BCUT2D eigenvalue weighted by Gasteiger charge is -2.15. The van der Waals surface area contributed by atoms with Gasteiger partial charge in [-0.15, -0.1) is 12.3 Å². The molecule has 1 N–H and O–H groups in total. The SMILES string of the molecule is C#CCC(CC)NCc1ccc(Cl)c2cccnc12. The van der Waals surface area contributed by atoms with E-state index in [4.69, 9.17) is 18.0 Å². The van der Waals surface area contributed by atoms with Gasteiger partial charge in [0.05, 0.1) is 5.52 Å². The summed E-state index contributed by atoms with van der Waals surface area (Å²) in [7, 11) is 0. The molecule has 2 rings (SSSR count). The van der Waals surface area contributed by atoms with Crippen LogP contribution in [0.15, 0.2) is 30.5 Å². The Morgan fingerprint density at radius 1 is 1.42 bits per heavy atom. The Morgan fingerprint density at radius 2 is 2.26 bits per heavy atom. The quantitative estimate of drug-likeness (QED) is 0.838. The number of hydrogen-bond acceptors (Lipinski definition) is 2. The molecule has 2 aromatic rings. The predicted molar refractivity (Wildman–Crippen MR) is 81.1 cm³/mol. The smallest absolute Gasteiger partial charge is 0.0761 e. The molecule has 1 aromatic carbocycles. The Labute approximate surface area is 119 Å². The molecular formula is C16H17ClN2. The number of aromatic nitrogens is 1. The second-order valence-corrected chi connectivity index (χ2v) is 4.91. The first-order valence-corrected chi connectivity index (χ1v) is 6.83. The van der Waals surface area contributed by atoms with Gasteiger partial charge in [0, 0.05) is 35.6 Å². The molecule has 19 heavy (non-hydrogen) atoms. The summed E-state index contributed by atoms with van der Waals surface area (Å²) >= 11 is 6.18. The second kappa shape index (κ2) is 6.56. The van der Waals surface area contributed by atoms with E-state index < -0.39 is 0 Å². The average Bonchev–Trinajstić information content (AvgIpc) is 2.45. The van der Waals surface area contributed by atoms with Crippen LogP contribution in [-0.4, -0.2) is 11.0 Å². The summed E-state index contributed by atoms with van der Waals surface area (Å²) < 4.78 is 0. The van der Waals surface area contributed by atoms with Crippen LogP contribution < -0.4 is 5.32 Å². The molecule has 0 spiro atoms. The molecular weight excluding hydrogens is 256 g/mol. The molecule has 3 heteroatoms. The summed E-state index contributed by atoms with van der Waals surface area (Å²) in [6.45, 7) is 2.89. The standard InChI is InChI=1S/C16H17ClN2/c1-3-6-13(4-2)19-11-12-8-9-15(17)14-7-5-10-18-16(12)14/h1,5,7-10,13,19H,4,6,11H2,2H3. The molecule has 1 aromatic heterocycles. The number of pyridine rings is 1. The van der Waals surface area contributed by atoms with Gasteiger partial charge in [-0.3, -0.25) is 4.98 Å². The van der Waals surface area contributed by atoms with E-state index in [2.05, 4.69) is 23.1 Å². The normalized spacial score (nSPS) is 12.3. The van der Waals surface area contributed by atoms with E-state index in [9.17, 15) is 0 Å². The molecule has 1 heterocycles. The first kappa shape index (κ1) is 13.9. The fraction of sp³-hybridized carbons (Fsp3) is 0.312. The van der Waals surface area contributed by atoms with Gasteiger partial charge in [-0.2, -0.15) is 0 Å². The summed E-state index contributed by atoms with van der Waals surface area (Å²) in [5, 5.41) is 5.21. The maximum Gasteiger partial charge on any atom is 0.0761 e. The van der Waals surface area contributed by atoms with Gasteiger partial charge in [0.2, 0.25) is 0 Å². The Kier molecular flexibility index (Phi) is 4.79. The number of nitrogens with one attached hydrogen (secondary N) is 1. The number of hydrogen-bond donors (Lipinski definition) is 1. The summed E-state index contributed by atoms with van der Waals surface area (Å²) in [6, 6.07) is 8.18. The van der Waals surface area contributed by atoms with Gasteiger partial charge in [-0.25, -0.2) is 0 Å². The van der Waals surface area contributed by atoms with Gasteiger partial charge in [0.15, 0.2) is 0 Å². The number of benzene rings is 1. The van der Waals surface area contributed by atoms with Gasteiger partial charge in [-0.05, 0) is 30.2 Å². The first-order chi connectivity index (χ1) is 9.26. The molecule has 98 valence electrons. The first-order valence-electron chi connectivity index (χ1n) is 6.45. The molecule has 0 fully saturated rings. The predicted octanol–water partition coefficient (Wildman–Crippen LogP) is 3.78. The van der Waals surface area contributed by atoms with Crippen LogP contribution in [0.5, 0.6) is 0 Å². The van der Waals surface area contributed by atoms with E-state index in [1.807, 2.05) is 24.3 Å². The molecule has 2 nitrogen and oxygen atoms in total. The lowest BCUT2D eigenvalue weighted by Crippen LogP contribution is -2.27. The van der Waals surface area contributed by atoms with E-state index in [1.165, 1.54) is 0 Å². The number of rotatable bonds is 5. The Hall–Kier alpha value is -1.56. The highest BCUT2D eigenvalue weighted by atomic mass is 35.5. The topological polar surface area (TPSA) is 24.9 Å². The molecule has 0 bridgehead atoms. The molecule has 0 aliphatic carbocycles. The number of fused-ring (bicyclic) bond motifs is 1. The Bertz CT molecular complexity index is 601. The molecule has 0 aliphatic rings. The third kappa shape index (κ3) is 3.26. The Balaban J connectivity index is 2.22. The van der Waals surface area contributed by atoms with Crippen LogP contribution in [0.3, 0.4) is 0 Å². The molecule has 1 unspecified atom stereocenters. The van der Waals surface area contributed by atoms with Crippen LogP contribution in [0, 0.1) is 12.3 Å². The second-order valence-electron chi connectivity index (χ2n) is 4.50. The van der Waals surface area contributed by atoms with Crippen LogP contribution in [0.4, 0.5) is 0 Å². The number of halogens is 1. The molecule has 0 aliphatic heterocycles. The lowest BCUT2D eigenvalue weighted by molar-refractivity contribution is 0.507. The maximum absolute atomic E-state index is 6.18. The minimum absolute atomic E-state index is 0.347.